The van der Waals surface area contributed by atoms with Crippen molar-refractivity contribution < 1.29 is 4.74 Å². The Kier molecular flexibility index (Phi) is 3.72. The average Bonchev–Trinajstić information content (AvgIpc) is 2.84. The molecule has 0 bridgehead atoms. The van der Waals surface area contributed by atoms with Gasteiger partial charge in [-0.05, 0) is 36.4 Å². The zero-order valence-electron chi connectivity index (χ0n) is 10.9. The summed E-state index contributed by atoms with van der Waals surface area (Å²) < 4.78 is 8.64. The molecule has 0 atom stereocenters. The lowest BCUT2D eigenvalue weighted by molar-refractivity contribution is 0.408. The third kappa shape index (κ3) is 2.43. The van der Waals surface area contributed by atoms with Crippen LogP contribution in [0.15, 0.2) is 53.1 Å². The Hall–Kier alpha value is -1.45. The van der Waals surface area contributed by atoms with Crippen LogP contribution < -0.4 is 4.74 Å². The van der Waals surface area contributed by atoms with Crippen molar-refractivity contribution >= 4 is 38.4 Å². The molecular formula is C16H13BrClNO. The highest BCUT2D eigenvalue weighted by molar-refractivity contribution is 9.10. The van der Waals surface area contributed by atoms with E-state index in [1.165, 1.54) is 0 Å². The Morgan fingerprint density at radius 2 is 2.05 bits per heavy atom. The summed E-state index contributed by atoms with van der Waals surface area (Å²) in [5, 5.41) is 1.85. The zero-order valence-corrected chi connectivity index (χ0v) is 13.3. The highest BCUT2D eigenvalue weighted by Crippen LogP contribution is 2.28. The van der Waals surface area contributed by atoms with Gasteiger partial charge in [-0.25, -0.2) is 0 Å². The van der Waals surface area contributed by atoms with Crippen molar-refractivity contribution in [3.05, 3.63) is 63.7 Å². The molecular weight excluding hydrogens is 338 g/mol. The van der Waals surface area contributed by atoms with Gasteiger partial charge in [0, 0.05) is 32.2 Å². The van der Waals surface area contributed by atoms with Gasteiger partial charge in [-0.3, -0.25) is 0 Å². The van der Waals surface area contributed by atoms with Gasteiger partial charge >= 0.3 is 0 Å². The molecule has 3 rings (SSSR count). The molecule has 0 N–H and O–H groups in total. The van der Waals surface area contributed by atoms with Gasteiger partial charge in [0.1, 0.15) is 5.75 Å². The maximum Gasteiger partial charge on any atom is 0.123 e. The normalized spacial score (nSPS) is 10.9. The molecule has 0 spiro atoms. The Bertz CT molecular complexity index is 766. The van der Waals surface area contributed by atoms with Crippen LogP contribution in [0.1, 0.15) is 5.56 Å². The number of halogens is 2. The van der Waals surface area contributed by atoms with Crippen LogP contribution in [0.2, 0.25) is 5.02 Å². The molecule has 0 saturated heterocycles. The van der Waals surface area contributed by atoms with Gasteiger partial charge in [0.15, 0.2) is 0 Å². The summed E-state index contributed by atoms with van der Waals surface area (Å²) in [4.78, 5) is 0. The zero-order chi connectivity index (χ0) is 14.1. The van der Waals surface area contributed by atoms with Gasteiger partial charge < -0.3 is 9.30 Å². The first kappa shape index (κ1) is 13.5. The lowest BCUT2D eigenvalue weighted by atomic mass is 10.2. The molecule has 0 amide bonds. The van der Waals surface area contributed by atoms with Crippen LogP contribution in [0.3, 0.4) is 0 Å². The first-order valence-corrected chi connectivity index (χ1v) is 7.42. The molecule has 1 heterocycles. The Balaban J connectivity index is 2.06. The average molecular weight is 351 g/mol. The second kappa shape index (κ2) is 5.51. The van der Waals surface area contributed by atoms with Gasteiger partial charge in [-0.1, -0.05) is 33.6 Å². The third-order valence-electron chi connectivity index (χ3n) is 3.34. The second-order valence-electron chi connectivity index (χ2n) is 4.57. The second-order valence-corrected chi connectivity index (χ2v) is 5.90. The van der Waals surface area contributed by atoms with Crippen molar-refractivity contribution in [2.45, 2.75) is 6.54 Å². The number of hydrogen-bond acceptors (Lipinski definition) is 1. The minimum atomic E-state index is 0.743. The number of rotatable bonds is 3. The molecule has 2 aromatic carbocycles. The molecule has 102 valence electrons. The molecule has 0 fully saturated rings. The lowest BCUT2D eigenvalue weighted by Gasteiger charge is -2.11. The van der Waals surface area contributed by atoms with E-state index in [1.807, 2.05) is 30.3 Å². The summed E-state index contributed by atoms with van der Waals surface area (Å²) >= 11 is 9.72. The van der Waals surface area contributed by atoms with Gasteiger partial charge in [-0.2, -0.15) is 0 Å². The van der Waals surface area contributed by atoms with E-state index in [9.17, 15) is 0 Å². The maximum atomic E-state index is 6.21. The summed E-state index contributed by atoms with van der Waals surface area (Å²) in [5.74, 6) is 0.886. The van der Waals surface area contributed by atoms with Crippen LogP contribution >= 0.6 is 27.5 Å². The molecule has 0 radical (unpaired) electrons. The van der Waals surface area contributed by atoms with Crippen LogP contribution in [-0.2, 0) is 6.54 Å². The van der Waals surface area contributed by atoms with E-state index >= 15 is 0 Å². The van der Waals surface area contributed by atoms with E-state index in [0.29, 0.717) is 0 Å². The Labute approximate surface area is 131 Å². The summed E-state index contributed by atoms with van der Waals surface area (Å²) in [6, 6.07) is 14.0. The van der Waals surface area contributed by atoms with E-state index in [4.69, 9.17) is 16.3 Å². The van der Waals surface area contributed by atoms with Gasteiger partial charge in [0.2, 0.25) is 0 Å². The Morgan fingerprint density at radius 1 is 1.20 bits per heavy atom. The molecule has 4 heteroatoms. The van der Waals surface area contributed by atoms with Crippen molar-refractivity contribution in [2.75, 3.05) is 7.11 Å². The fourth-order valence-electron chi connectivity index (χ4n) is 2.38. The number of benzene rings is 2. The molecule has 0 unspecified atom stereocenters. The predicted molar refractivity (Wildman–Crippen MR) is 86.7 cm³/mol. The fraction of sp³-hybridized carbons (Fsp3) is 0.125. The lowest BCUT2D eigenvalue weighted by Crippen LogP contribution is -2.00. The van der Waals surface area contributed by atoms with Crippen molar-refractivity contribution in [1.82, 2.24) is 4.57 Å². The van der Waals surface area contributed by atoms with Gasteiger partial charge in [0.25, 0.3) is 0 Å². The number of aromatic nitrogens is 1. The van der Waals surface area contributed by atoms with E-state index in [-0.39, 0.29) is 0 Å². The predicted octanol–water partition coefficient (Wildman–Crippen LogP) is 5.11. The molecule has 1 aromatic heterocycles. The van der Waals surface area contributed by atoms with Crippen LogP contribution in [0.5, 0.6) is 5.75 Å². The van der Waals surface area contributed by atoms with E-state index in [0.717, 1.165) is 38.3 Å². The first-order chi connectivity index (χ1) is 9.69. The Morgan fingerprint density at radius 3 is 2.85 bits per heavy atom. The van der Waals surface area contributed by atoms with Crippen molar-refractivity contribution in [1.29, 1.82) is 0 Å². The molecule has 3 aromatic rings. The van der Waals surface area contributed by atoms with Crippen LogP contribution in [0.4, 0.5) is 0 Å². The van der Waals surface area contributed by atoms with E-state index in [1.54, 1.807) is 7.11 Å². The number of nitrogens with zero attached hydrogens (tertiary/aromatic N) is 1. The quantitative estimate of drug-likeness (QED) is 0.640. The third-order valence-corrected chi connectivity index (χ3v) is 4.17. The van der Waals surface area contributed by atoms with Crippen molar-refractivity contribution in [2.24, 2.45) is 0 Å². The number of fused-ring (bicyclic) bond motifs is 1. The topological polar surface area (TPSA) is 14.2 Å². The molecule has 0 aliphatic carbocycles. The molecule has 0 saturated carbocycles. The summed E-state index contributed by atoms with van der Waals surface area (Å²) in [5.41, 5.74) is 2.25. The summed E-state index contributed by atoms with van der Waals surface area (Å²) in [6.45, 7) is 0.743. The van der Waals surface area contributed by atoms with Crippen molar-refractivity contribution in [3.63, 3.8) is 0 Å². The number of hydrogen-bond donors (Lipinski definition) is 0. The van der Waals surface area contributed by atoms with Crippen LogP contribution in [-0.4, -0.2) is 11.7 Å². The van der Waals surface area contributed by atoms with Crippen molar-refractivity contribution in [3.8, 4) is 5.75 Å². The maximum absolute atomic E-state index is 6.21. The monoisotopic (exact) mass is 349 g/mol. The van der Waals surface area contributed by atoms with Gasteiger partial charge in [-0.15, -0.1) is 0 Å². The molecule has 0 aliphatic heterocycles. The van der Waals surface area contributed by atoms with Gasteiger partial charge in [0.05, 0.1) is 13.7 Å². The highest BCUT2D eigenvalue weighted by Gasteiger charge is 2.08. The minimum absolute atomic E-state index is 0.743. The number of ether oxygens (including phenoxy) is 1. The summed E-state index contributed by atoms with van der Waals surface area (Å²) in [6.07, 6.45) is 2.05. The van der Waals surface area contributed by atoms with Crippen LogP contribution in [0, 0.1) is 0 Å². The van der Waals surface area contributed by atoms with Crippen LogP contribution in [0.25, 0.3) is 10.9 Å². The first-order valence-electron chi connectivity index (χ1n) is 6.25. The highest BCUT2D eigenvalue weighted by atomic mass is 79.9. The number of methoxy groups -OCH3 is 1. The summed E-state index contributed by atoms with van der Waals surface area (Å²) in [7, 11) is 1.69. The fourth-order valence-corrected chi connectivity index (χ4v) is 3.02. The van der Waals surface area contributed by atoms with E-state index in [2.05, 4.69) is 38.8 Å². The molecule has 20 heavy (non-hydrogen) atoms. The molecule has 0 aliphatic rings. The smallest absolute Gasteiger partial charge is 0.123 e. The van der Waals surface area contributed by atoms with E-state index < -0.39 is 0 Å². The largest absolute Gasteiger partial charge is 0.496 e. The molecule has 2 nitrogen and oxygen atoms in total. The minimum Gasteiger partial charge on any atom is -0.496 e. The standard InChI is InChI=1S/C16H13BrClNO/c1-20-16-6-5-12(17)9-11(16)10-19-8-7-13-14(18)3-2-4-15(13)19/h2-9H,10H2,1H3. The SMILES string of the molecule is COc1ccc(Br)cc1Cn1ccc2c(Cl)cccc21.